The van der Waals surface area contributed by atoms with Crippen LogP contribution in [0.5, 0.6) is 11.6 Å². The fourth-order valence-corrected chi connectivity index (χ4v) is 5.40. The van der Waals surface area contributed by atoms with Crippen LogP contribution in [0.25, 0.3) is 0 Å². The zero-order chi connectivity index (χ0) is 29.2. The lowest BCUT2D eigenvalue weighted by Crippen LogP contribution is -2.57. The fraction of sp³-hybridized carbons (Fsp3) is 0.536. The highest BCUT2D eigenvalue weighted by Crippen LogP contribution is 2.42. The lowest BCUT2D eigenvalue weighted by molar-refractivity contribution is -0.262. The standard InChI is InChI=1S/C28H35F3N4O5/c1-33(2)25(36)22-8-9-23(32-24(22)40-4)35-16-19(17-35)14-18-10-12-34(13-11-18)26(37)27(38,28(29,30)31)20-6-5-7-21(15-20)39-3/h5-9,15,18-19,38H,10-14,16-17H2,1-4H3/t27-/m1/s1. The zero-order valence-corrected chi connectivity index (χ0v) is 23.1. The zero-order valence-electron chi connectivity index (χ0n) is 23.1. The predicted molar refractivity (Wildman–Crippen MR) is 141 cm³/mol. The van der Waals surface area contributed by atoms with Crippen LogP contribution in [0.1, 0.15) is 35.2 Å². The Bertz CT molecular complexity index is 1230. The molecule has 4 rings (SSSR count). The monoisotopic (exact) mass is 564 g/mol. The van der Waals surface area contributed by atoms with E-state index in [0.717, 1.165) is 36.5 Å². The minimum Gasteiger partial charge on any atom is -0.497 e. The number of pyridine rings is 1. The number of rotatable bonds is 8. The van der Waals surface area contributed by atoms with Gasteiger partial charge in [0, 0.05) is 45.8 Å². The number of nitrogens with zero attached hydrogens (tertiary/aromatic N) is 4. The van der Waals surface area contributed by atoms with Gasteiger partial charge in [0.05, 0.1) is 14.2 Å². The number of ether oxygens (including phenoxy) is 2. The molecule has 0 unspecified atom stereocenters. The van der Waals surface area contributed by atoms with Crippen LogP contribution in [0.3, 0.4) is 0 Å². The smallest absolute Gasteiger partial charge is 0.430 e. The number of carbonyl (C=O) groups is 2. The number of aromatic nitrogens is 1. The summed E-state index contributed by atoms with van der Waals surface area (Å²) in [5.74, 6) is 0.184. The highest BCUT2D eigenvalue weighted by molar-refractivity contribution is 5.96. The number of methoxy groups -OCH3 is 2. The van der Waals surface area contributed by atoms with Gasteiger partial charge in [0.15, 0.2) is 0 Å². The van der Waals surface area contributed by atoms with E-state index in [1.165, 1.54) is 31.3 Å². The number of anilines is 1. The van der Waals surface area contributed by atoms with Crippen molar-refractivity contribution in [1.29, 1.82) is 0 Å². The van der Waals surface area contributed by atoms with Gasteiger partial charge in [-0.3, -0.25) is 9.59 Å². The number of halogens is 3. The first-order valence-electron chi connectivity index (χ1n) is 13.1. The molecule has 2 amide bonds. The third-order valence-corrected chi connectivity index (χ3v) is 7.73. The average Bonchev–Trinajstić information content (AvgIpc) is 2.92. The molecule has 2 fully saturated rings. The van der Waals surface area contributed by atoms with Gasteiger partial charge in [-0.05, 0) is 55.4 Å². The normalized spacial score (nSPS) is 18.1. The molecule has 9 nitrogen and oxygen atoms in total. The molecule has 2 aliphatic heterocycles. The molecule has 2 aliphatic rings. The molecule has 0 spiro atoms. The van der Waals surface area contributed by atoms with Crippen LogP contribution in [0.4, 0.5) is 19.0 Å². The minimum absolute atomic E-state index is 0.118. The first kappa shape index (κ1) is 29.4. The second-order valence-electron chi connectivity index (χ2n) is 10.6. The average molecular weight is 565 g/mol. The summed E-state index contributed by atoms with van der Waals surface area (Å²) in [5.41, 5.74) is -3.83. The molecule has 0 saturated carbocycles. The van der Waals surface area contributed by atoms with Gasteiger partial charge in [-0.1, -0.05) is 12.1 Å². The van der Waals surface area contributed by atoms with Crippen molar-refractivity contribution >= 4 is 17.6 Å². The van der Waals surface area contributed by atoms with E-state index in [1.54, 1.807) is 26.2 Å². The number of carbonyl (C=O) groups excluding carboxylic acids is 2. The largest absolute Gasteiger partial charge is 0.497 e. The molecule has 1 atom stereocenters. The van der Waals surface area contributed by atoms with Gasteiger partial charge < -0.3 is 29.3 Å². The number of amides is 2. The maximum atomic E-state index is 14.1. The van der Waals surface area contributed by atoms with Crippen molar-refractivity contribution < 1.29 is 37.3 Å². The Labute approximate surface area is 231 Å². The van der Waals surface area contributed by atoms with Crippen LogP contribution < -0.4 is 14.4 Å². The Morgan fingerprint density at radius 3 is 2.30 bits per heavy atom. The Morgan fingerprint density at radius 2 is 1.73 bits per heavy atom. The molecule has 12 heteroatoms. The van der Waals surface area contributed by atoms with Gasteiger partial charge >= 0.3 is 6.18 Å². The van der Waals surface area contributed by atoms with Crippen LogP contribution in [0.2, 0.25) is 0 Å². The second kappa shape index (κ2) is 11.5. The highest BCUT2D eigenvalue weighted by Gasteiger charge is 2.62. The SMILES string of the molecule is COc1cccc([C@@](O)(C(=O)N2CCC(CC3CN(c4ccc(C(=O)N(C)C)c(OC)n4)C3)CC2)C(F)(F)F)c1. The number of hydrogen-bond acceptors (Lipinski definition) is 7. The topological polar surface area (TPSA) is 95.4 Å². The van der Waals surface area contributed by atoms with Gasteiger partial charge in [-0.15, -0.1) is 0 Å². The summed E-state index contributed by atoms with van der Waals surface area (Å²) in [4.78, 5) is 34.6. The molecular weight excluding hydrogens is 529 g/mol. The van der Waals surface area contributed by atoms with E-state index in [2.05, 4.69) is 9.88 Å². The predicted octanol–water partition coefficient (Wildman–Crippen LogP) is 3.32. The van der Waals surface area contributed by atoms with E-state index >= 15 is 0 Å². The third-order valence-electron chi connectivity index (χ3n) is 7.73. The van der Waals surface area contributed by atoms with Crippen molar-refractivity contribution in [3.8, 4) is 11.6 Å². The summed E-state index contributed by atoms with van der Waals surface area (Å²) in [6.07, 6.45) is -3.20. The fourth-order valence-electron chi connectivity index (χ4n) is 5.40. The number of piperidine rings is 1. The number of aliphatic hydroxyl groups is 1. The van der Waals surface area contributed by atoms with Crippen molar-refractivity contribution in [3.63, 3.8) is 0 Å². The maximum Gasteiger partial charge on any atom is 0.430 e. The number of alkyl halides is 3. The maximum absolute atomic E-state index is 14.1. The summed E-state index contributed by atoms with van der Waals surface area (Å²) < 4.78 is 52.6. The van der Waals surface area contributed by atoms with Crippen molar-refractivity contribution in [3.05, 3.63) is 47.5 Å². The van der Waals surface area contributed by atoms with E-state index in [0.29, 0.717) is 30.1 Å². The molecule has 2 saturated heterocycles. The summed E-state index contributed by atoms with van der Waals surface area (Å²) >= 11 is 0. The van der Waals surface area contributed by atoms with E-state index in [4.69, 9.17) is 9.47 Å². The second-order valence-corrected chi connectivity index (χ2v) is 10.6. The first-order chi connectivity index (χ1) is 18.9. The van der Waals surface area contributed by atoms with Crippen molar-refractivity contribution in [2.45, 2.75) is 31.0 Å². The first-order valence-corrected chi connectivity index (χ1v) is 13.1. The molecule has 1 aromatic carbocycles. The van der Waals surface area contributed by atoms with Gasteiger partial charge in [-0.25, -0.2) is 0 Å². The van der Waals surface area contributed by atoms with Crippen LogP contribution in [-0.4, -0.2) is 92.4 Å². The molecule has 1 N–H and O–H groups in total. The van der Waals surface area contributed by atoms with Crippen LogP contribution in [-0.2, 0) is 10.4 Å². The quantitative estimate of drug-likeness (QED) is 0.526. The Balaban J connectivity index is 1.33. The van der Waals surface area contributed by atoms with Gasteiger partial charge in [-0.2, -0.15) is 18.2 Å². The third kappa shape index (κ3) is 5.67. The van der Waals surface area contributed by atoms with Gasteiger partial charge in [0.1, 0.15) is 17.1 Å². The molecular formula is C28H35F3N4O5. The minimum atomic E-state index is -5.20. The molecule has 3 heterocycles. The van der Waals surface area contributed by atoms with Crippen molar-refractivity contribution in [2.24, 2.45) is 11.8 Å². The molecule has 0 aliphatic carbocycles. The molecule has 40 heavy (non-hydrogen) atoms. The van der Waals surface area contributed by atoms with Gasteiger partial charge in [0.25, 0.3) is 17.4 Å². The van der Waals surface area contributed by atoms with Crippen molar-refractivity contribution in [2.75, 3.05) is 59.4 Å². The van der Waals surface area contributed by atoms with E-state index in [1.807, 2.05) is 0 Å². The Hall–Kier alpha value is -3.54. The molecule has 0 bridgehead atoms. The summed E-state index contributed by atoms with van der Waals surface area (Å²) in [7, 11) is 6.10. The lowest BCUT2D eigenvalue weighted by atomic mass is 9.83. The van der Waals surface area contributed by atoms with Crippen LogP contribution >= 0.6 is 0 Å². The van der Waals surface area contributed by atoms with Gasteiger partial charge in [0.2, 0.25) is 5.88 Å². The van der Waals surface area contributed by atoms with E-state index < -0.39 is 23.2 Å². The number of benzene rings is 1. The Morgan fingerprint density at radius 1 is 1.05 bits per heavy atom. The number of hydrogen-bond donors (Lipinski definition) is 1. The summed E-state index contributed by atoms with van der Waals surface area (Å²) in [5, 5.41) is 10.8. The molecule has 218 valence electrons. The molecule has 2 aromatic rings. The lowest BCUT2D eigenvalue weighted by Gasteiger charge is -2.43. The van der Waals surface area contributed by atoms with E-state index in [-0.39, 0.29) is 36.5 Å². The van der Waals surface area contributed by atoms with Crippen LogP contribution in [0.15, 0.2) is 36.4 Å². The molecule has 1 aromatic heterocycles. The van der Waals surface area contributed by atoms with Crippen molar-refractivity contribution in [1.82, 2.24) is 14.8 Å². The summed E-state index contributed by atoms with van der Waals surface area (Å²) in [6.45, 7) is 1.81. The highest BCUT2D eigenvalue weighted by atomic mass is 19.4. The number of likely N-dealkylation sites (tertiary alicyclic amines) is 1. The Kier molecular flexibility index (Phi) is 8.48. The summed E-state index contributed by atoms with van der Waals surface area (Å²) in [6, 6.07) is 8.39. The van der Waals surface area contributed by atoms with E-state index in [9.17, 15) is 27.9 Å². The molecule has 0 radical (unpaired) electrons. The van der Waals surface area contributed by atoms with Crippen LogP contribution in [0, 0.1) is 11.8 Å².